The molecule has 1 aromatic carbocycles. The maximum absolute atomic E-state index is 13.1. The molecule has 0 N–H and O–H groups in total. The van der Waals surface area contributed by atoms with Gasteiger partial charge >= 0.3 is 0 Å². The highest BCUT2D eigenvalue weighted by molar-refractivity contribution is 6.36. The van der Waals surface area contributed by atoms with Crippen molar-refractivity contribution in [3.05, 3.63) is 32.8 Å². The Kier molecular flexibility index (Phi) is 3.14. The molecule has 0 atom stereocenters. The summed E-state index contributed by atoms with van der Waals surface area (Å²) < 4.78 is 26.1. The highest BCUT2D eigenvalue weighted by Crippen LogP contribution is 2.33. The van der Waals surface area contributed by atoms with E-state index in [4.69, 9.17) is 23.2 Å². The van der Waals surface area contributed by atoms with E-state index >= 15 is 0 Å². The molecule has 0 heterocycles. The minimum atomic E-state index is -1.01. The van der Waals surface area contributed by atoms with Crippen LogP contribution in [0.25, 0.3) is 0 Å². The van der Waals surface area contributed by atoms with E-state index in [0.29, 0.717) is 12.0 Å². The summed E-state index contributed by atoms with van der Waals surface area (Å²) in [5.74, 6) is -1.98. The lowest BCUT2D eigenvalue weighted by atomic mass is 10.1. The topological polar surface area (TPSA) is 0 Å². The molecule has 72 valence electrons. The van der Waals surface area contributed by atoms with Crippen LogP contribution in [-0.4, -0.2) is 0 Å². The van der Waals surface area contributed by atoms with E-state index in [0.717, 1.165) is 0 Å². The number of hydrogen-bond donors (Lipinski definition) is 0. The Hall–Kier alpha value is -0.340. The van der Waals surface area contributed by atoms with Crippen LogP contribution >= 0.6 is 23.2 Å². The highest BCUT2D eigenvalue weighted by Gasteiger charge is 2.18. The van der Waals surface area contributed by atoms with Gasteiger partial charge in [-0.15, -0.1) is 0 Å². The third kappa shape index (κ3) is 1.65. The number of halogens is 4. The van der Waals surface area contributed by atoms with Crippen LogP contribution in [-0.2, 0) is 6.42 Å². The van der Waals surface area contributed by atoms with Crippen molar-refractivity contribution in [2.24, 2.45) is 0 Å². The van der Waals surface area contributed by atoms with Crippen molar-refractivity contribution >= 4 is 23.2 Å². The summed E-state index contributed by atoms with van der Waals surface area (Å²) in [6, 6.07) is 0. The Morgan fingerprint density at radius 3 is 2.08 bits per heavy atom. The van der Waals surface area contributed by atoms with E-state index in [1.807, 2.05) is 0 Å². The van der Waals surface area contributed by atoms with Crippen LogP contribution in [0.4, 0.5) is 8.78 Å². The molecule has 0 aliphatic rings. The summed E-state index contributed by atoms with van der Waals surface area (Å²) >= 11 is 11.4. The van der Waals surface area contributed by atoms with Gasteiger partial charge < -0.3 is 0 Å². The number of hydrogen-bond acceptors (Lipinski definition) is 0. The number of rotatable bonds is 1. The Bertz CT molecular complexity index is 319. The molecule has 0 aliphatic carbocycles. The second-order valence-corrected chi connectivity index (χ2v) is 3.47. The van der Waals surface area contributed by atoms with Crippen LogP contribution in [0.5, 0.6) is 0 Å². The molecule has 1 aromatic rings. The average Bonchev–Trinajstić information content (AvgIpc) is 2.13. The van der Waals surface area contributed by atoms with Gasteiger partial charge in [0.1, 0.15) is 0 Å². The molecular formula is C9H8Cl2F2. The predicted molar refractivity (Wildman–Crippen MR) is 50.5 cm³/mol. The largest absolute Gasteiger partial charge is 0.203 e. The Balaban J connectivity index is 3.56. The maximum atomic E-state index is 13.1. The molecule has 0 aromatic heterocycles. The van der Waals surface area contributed by atoms with Gasteiger partial charge in [-0.05, 0) is 18.9 Å². The minimum absolute atomic E-state index is 0.111. The van der Waals surface area contributed by atoms with Crippen molar-refractivity contribution in [1.82, 2.24) is 0 Å². The zero-order chi connectivity index (χ0) is 10.2. The molecule has 0 saturated heterocycles. The van der Waals surface area contributed by atoms with Gasteiger partial charge in [-0.3, -0.25) is 0 Å². The smallest absolute Gasteiger partial charge is 0.178 e. The average molecular weight is 225 g/mol. The second-order valence-electron chi connectivity index (χ2n) is 2.71. The molecule has 0 aliphatic heterocycles. The van der Waals surface area contributed by atoms with Gasteiger partial charge in [0.25, 0.3) is 0 Å². The monoisotopic (exact) mass is 224 g/mol. The third-order valence-corrected chi connectivity index (χ3v) is 2.83. The summed E-state index contributed by atoms with van der Waals surface area (Å²) in [4.78, 5) is 0. The first-order chi connectivity index (χ1) is 6.00. The fraction of sp³-hybridized carbons (Fsp3) is 0.333. The fourth-order valence-corrected chi connectivity index (χ4v) is 1.79. The van der Waals surface area contributed by atoms with Crippen molar-refractivity contribution in [3.63, 3.8) is 0 Å². The first kappa shape index (κ1) is 10.7. The standard InChI is InChI=1S/C9H8Cl2F2/c1-3-5-6(10)4(2)8(12)9(13)7(5)11/h3H2,1-2H3. The van der Waals surface area contributed by atoms with Crippen molar-refractivity contribution in [1.29, 1.82) is 0 Å². The first-order valence-electron chi connectivity index (χ1n) is 3.82. The molecule has 1 rings (SSSR count). The van der Waals surface area contributed by atoms with Gasteiger partial charge in [-0.2, -0.15) is 0 Å². The van der Waals surface area contributed by atoms with Gasteiger partial charge in [0, 0.05) is 5.56 Å². The van der Waals surface area contributed by atoms with Gasteiger partial charge in [0.15, 0.2) is 11.6 Å². The van der Waals surface area contributed by atoms with Crippen LogP contribution in [0.15, 0.2) is 0 Å². The van der Waals surface area contributed by atoms with E-state index in [-0.39, 0.29) is 15.6 Å². The summed E-state index contributed by atoms with van der Waals surface area (Å²) in [6.07, 6.45) is 0.482. The molecule has 4 heteroatoms. The van der Waals surface area contributed by atoms with Crippen LogP contribution < -0.4 is 0 Å². The van der Waals surface area contributed by atoms with Crippen molar-refractivity contribution < 1.29 is 8.78 Å². The zero-order valence-electron chi connectivity index (χ0n) is 7.22. The molecular weight excluding hydrogens is 217 g/mol. The van der Waals surface area contributed by atoms with Gasteiger partial charge in [0.2, 0.25) is 0 Å². The van der Waals surface area contributed by atoms with E-state index in [1.165, 1.54) is 6.92 Å². The van der Waals surface area contributed by atoms with Crippen molar-refractivity contribution in [2.45, 2.75) is 20.3 Å². The van der Waals surface area contributed by atoms with Crippen LogP contribution in [0.1, 0.15) is 18.1 Å². The van der Waals surface area contributed by atoms with Crippen molar-refractivity contribution in [2.75, 3.05) is 0 Å². The van der Waals surface area contributed by atoms with Gasteiger partial charge in [-0.25, -0.2) is 8.78 Å². The SMILES string of the molecule is CCc1c(Cl)c(C)c(F)c(F)c1Cl. The van der Waals surface area contributed by atoms with E-state index in [2.05, 4.69) is 0 Å². The fourth-order valence-electron chi connectivity index (χ4n) is 1.12. The summed E-state index contributed by atoms with van der Waals surface area (Å²) in [5, 5.41) is 0.00185. The Labute approximate surface area is 85.5 Å². The molecule has 0 radical (unpaired) electrons. The van der Waals surface area contributed by atoms with E-state index in [1.54, 1.807) is 6.92 Å². The third-order valence-electron chi connectivity index (χ3n) is 1.93. The van der Waals surface area contributed by atoms with Crippen LogP contribution in [0.3, 0.4) is 0 Å². The molecule has 0 spiro atoms. The lowest BCUT2D eigenvalue weighted by Gasteiger charge is -2.09. The Morgan fingerprint density at radius 1 is 1.08 bits per heavy atom. The van der Waals surface area contributed by atoms with Crippen molar-refractivity contribution in [3.8, 4) is 0 Å². The molecule has 0 amide bonds. The first-order valence-corrected chi connectivity index (χ1v) is 4.57. The maximum Gasteiger partial charge on any atom is 0.178 e. The lowest BCUT2D eigenvalue weighted by Crippen LogP contribution is -1.97. The molecule has 0 fully saturated rings. The van der Waals surface area contributed by atoms with Crippen LogP contribution in [0.2, 0.25) is 10.0 Å². The van der Waals surface area contributed by atoms with Gasteiger partial charge in [0.05, 0.1) is 10.0 Å². The quantitative estimate of drug-likeness (QED) is 0.497. The molecule has 0 bridgehead atoms. The predicted octanol–water partition coefficient (Wildman–Crippen LogP) is 4.14. The summed E-state index contributed by atoms with van der Waals surface area (Å²) in [7, 11) is 0. The van der Waals surface area contributed by atoms with Crippen LogP contribution in [0, 0.1) is 18.6 Å². The number of benzene rings is 1. The second kappa shape index (κ2) is 3.81. The Morgan fingerprint density at radius 2 is 1.62 bits per heavy atom. The molecule has 0 saturated carbocycles. The normalized spacial score (nSPS) is 10.6. The lowest BCUT2D eigenvalue weighted by molar-refractivity contribution is 0.502. The minimum Gasteiger partial charge on any atom is -0.203 e. The van der Waals surface area contributed by atoms with E-state index in [9.17, 15) is 8.78 Å². The molecule has 0 unspecified atom stereocenters. The van der Waals surface area contributed by atoms with E-state index < -0.39 is 11.6 Å². The summed E-state index contributed by atoms with van der Waals surface area (Å²) in [6.45, 7) is 3.21. The summed E-state index contributed by atoms with van der Waals surface area (Å²) in [5.41, 5.74) is 0.570. The zero-order valence-corrected chi connectivity index (χ0v) is 8.73. The molecule has 13 heavy (non-hydrogen) atoms. The highest BCUT2D eigenvalue weighted by atomic mass is 35.5. The van der Waals surface area contributed by atoms with Gasteiger partial charge in [-0.1, -0.05) is 30.1 Å². The molecule has 0 nitrogen and oxygen atoms in total.